The average Bonchev–Trinajstić information content (AvgIpc) is 3.39. The van der Waals surface area contributed by atoms with E-state index in [2.05, 4.69) is 5.32 Å². The number of ether oxygens (including phenoxy) is 2. The number of hydrogen-bond acceptors (Lipinski definition) is 7. The molecule has 0 bridgehead atoms. The van der Waals surface area contributed by atoms with E-state index in [1.807, 2.05) is 12.1 Å². The van der Waals surface area contributed by atoms with Gasteiger partial charge in [-0.15, -0.1) is 0 Å². The van der Waals surface area contributed by atoms with Crippen molar-refractivity contribution < 1.29 is 28.2 Å². The summed E-state index contributed by atoms with van der Waals surface area (Å²) in [4.78, 5) is 43.0. The van der Waals surface area contributed by atoms with Crippen molar-refractivity contribution in [2.24, 2.45) is 0 Å². The molecule has 2 heterocycles. The van der Waals surface area contributed by atoms with Crippen molar-refractivity contribution in [2.75, 3.05) is 37.5 Å². The van der Waals surface area contributed by atoms with Gasteiger partial charge in [0.05, 0.1) is 30.4 Å². The molecule has 3 aromatic rings. The summed E-state index contributed by atoms with van der Waals surface area (Å²) in [5.74, 6) is -0.506. The molecule has 0 spiro atoms. The third-order valence-electron chi connectivity index (χ3n) is 6.50. The van der Waals surface area contributed by atoms with Crippen LogP contribution in [-0.4, -0.2) is 54.3 Å². The average molecular weight is 578 g/mol. The lowest BCUT2D eigenvalue weighted by Crippen LogP contribution is -2.35. The first kappa shape index (κ1) is 27.4. The Hall–Kier alpha value is -4.22. The first-order chi connectivity index (χ1) is 19.3. The second-order valence-corrected chi connectivity index (χ2v) is 10.6. The molecule has 11 heteroatoms. The molecule has 3 amide bonds. The fraction of sp³-hybridized carbons (Fsp3) is 0.172. The summed E-state index contributed by atoms with van der Waals surface area (Å²) in [6.45, 7) is 0.0346. The molecule has 3 aromatic carbocycles. The standard InChI is InChI=1S/C29H24FN3O5S2/c1-37-22-12-7-17(15-23(22)38-2)13-14-32-28(36)26(40-29(32)39)25-20-5-3-4-6-21(20)33(27(25)35)16-24(34)31-19-10-8-18(30)9-11-19/h3-12,15H,13-14,16H2,1-2H3,(H,31,34). The van der Waals surface area contributed by atoms with E-state index in [0.29, 0.717) is 45.7 Å². The molecule has 204 valence electrons. The van der Waals surface area contributed by atoms with Crippen molar-refractivity contribution in [2.45, 2.75) is 6.42 Å². The molecule has 2 aliphatic heterocycles. The van der Waals surface area contributed by atoms with E-state index in [4.69, 9.17) is 21.7 Å². The maximum Gasteiger partial charge on any atom is 0.267 e. The number of halogens is 1. The highest BCUT2D eigenvalue weighted by Gasteiger charge is 2.42. The minimum absolute atomic E-state index is 0.219. The number of rotatable bonds is 8. The van der Waals surface area contributed by atoms with Crippen LogP contribution in [-0.2, 0) is 20.8 Å². The maximum atomic E-state index is 13.6. The van der Waals surface area contributed by atoms with Gasteiger partial charge in [0.15, 0.2) is 11.5 Å². The Labute approximate surface area is 239 Å². The largest absolute Gasteiger partial charge is 0.493 e. The number of amides is 3. The van der Waals surface area contributed by atoms with Crippen LogP contribution in [0.15, 0.2) is 71.6 Å². The highest BCUT2D eigenvalue weighted by atomic mass is 32.2. The van der Waals surface area contributed by atoms with Gasteiger partial charge in [-0.05, 0) is 54.4 Å². The van der Waals surface area contributed by atoms with Gasteiger partial charge in [-0.3, -0.25) is 24.2 Å². The summed E-state index contributed by atoms with van der Waals surface area (Å²) < 4.78 is 24.2. The van der Waals surface area contributed by atoms with Crippen LogP contribution >= 0.6 is 24.0 Å². The van der Waals surface area contributed by atoms with E-state index in [-0.39, 0.29) is 22.9 Å². The molecule has 0 aromatic heterocycles. The monoisotopic (exact) mass is 577 g/mol. The molecule has 1 fully saturated rings. The normalized spacial score (nSPS) is 16.4. The van der Waals surface area contributed by atoms with E-state index in [1.54, 1.807) is 44.6 Å². The highest BCUT2D eigenvalue weighted by Crippen LogP contribution is 2.44. The summed E-state index contributed by atoms with van der Waals surface area (Å²) in [5.41, 5.74) is 2.63. The van der Waals surface area contributed by atoms with E-state index < -0.39 is 17.6 Å². The Morgan fingerprint density at radius 1 is 0.950 bits per heavy atom. The van der Waals surface area contributed by atoms with Crippen molar-refractivity contribution >= 4 is 63.0 Å². The van der Waals surface area contributed by atoms with E-state index in [1.165, 1.54) is 34.1 Å². The third kappa shape index (κ3) is 5.30. The van der Waals surface area contributed by atoms with Gasteiger partial charge < -0.3 is 14.8 Å². The summed E-state index contributed by atoms with van der Waals surface area (Å²) in [6, 6.07) is 17.9. The fourth-order valence-corrected chi connectivity index (χ4v) is 5.93. The number of methoxy groups -OCH3 is 2. The van der Waals surface area contributed by atoms with E-state index >= 15 is 0 Å². The number of hydrogen-bond donors (Lipinski definition) is 1. The van der Waals surface area contributed by atoms with Crippen molar-refractivity contribution in [3.05, 3.63) is 88.6 Å². The molecule has 0 radical (unpaired) electrons. The van der Waals surface area contributed by atoms with Gasteiger partial charge in [-0.25, -0.2) is 4.39 Å². The number of fused-ring (bicyclic) bond motifs is 1. The topological polar surface area (TPSA) is 88.2 Å². The zero-order chi connectivity index (χ0) is 28.4. The van der Waals surface area contributed by atoms with Crippen LogP contribution < -0.4 is 19.7 Å². The zero-order valence-corrected chi connectivity index (χ0v) is 23.2. The Kier molecular flexibility index (Phi) is 7.85. The summed E-state index contributed by atoms with van der Waals surface area (Å²) in [5, 5.41) is 2.67. The molecule has 0 aliphatic carbocycles. The predicted molar refractivity (Wildman–Crippen MR) is 156 cm³/mol. The number of thiocarbonyl (C=S) groups is 1. The number of benzene rings is 3. The molecule has 1 N–H and O–H groups in total. The molecule has 8 nitrogen and oxygen atoms in total. The van der Waals surface area contributed by atoms with E-state index in [9.17, 15) is 18.8 Å². The van der Waals surface area contributed by atoms with Crippen LogP contribution in [0.25, 0.3) is 5.57 Å². The third-order valence-corrected chi connectivity index (χ3v) is 7.95. The lowest BCUT2D eigenvalue weighted by molar-refractivity contribution is -0.122. The smallest absolute Gasteiger partial charge is 0.267 e. The van der Waals surface area contributed by atoms with Crippen molar-refractivity contribution in [1.82, 2.24) is 4.90 Å². The summed E-state index contributed by atoms with van der Waals surface area (Å²) >= 11 is 6.61. The zero-order valence-electron chi connectivity index (χ0n) is 21.6. The predicted octanol–water partition coefficient (Wildman–Crippen LogP) is 4.64. The molecular weight excluding hydrogens is 553 g/mol. The molecule has 40 heavy (non-hydrogen) atoms. The fourth-order valence-electron chi connectivity index (χ4n) is 4.55. The van der Waals surface area contributed by atoms with Gasteiger partial charge in [-0.1, -0.05) is 48.2 Å². The Morgan fingerprint density at radius 3 is 2.40 bits per heavy atom. The highest BCUT2D eigenvalue weighted by molar-refractivity contribution is 8.26. The van der Waals surface area contributed by atoms with Gasteiger partial charge >= 0.3 is 0 Å². The Balaban J connectivity index is 1.36. The lowest BCUT2D eigenvalue weighted by atomic mass is 10.1. The number of anilines is 2. The number of nitrogens with one attached hydrogen (secondary N) is 1. The number of nitrogens with zero attached hydrogens (tertiary/aromatic N) is 2. The molecule has 1 saturated heterocycles. The van der Waals surface area contributed by atoms with Gasteiger partial charge in [0.25, 0.3) is 11.8 Å². The van der Waals surface area contributed by atoms with Crippen LogP contribution in [0.5, 0.6) is 11.5 Å². The summed E-state index contributed by atoms with van der Waals surface area (Å²) in [6.07, 6.45) is 0.510. The maximum absolute atomic E-state index is 13.6. The van der Waals surface area contributed by atoms with Gasteiger partial charge in [0.2, 0.25) is 5.91 Å². The lowest BCUT2D eigenvalue weighted by Gasteiger charge is -2.17. The summed E-state index contributed by atoms with van der Waals surface area (Å²) in [7, 11) is 3.12. The van der Waals surface area contributed by atoms with Crippen molar-refractivity contribution in [1.29, 1.82) is 0 Å². The second-order valence-electron chi connectivity index (χ2n) is 8.93. The first-order valence-electron chi connectivity index (χ1n) is 12.3. The number of carbonyl (C=O) groups excluding carboxylic acids is 3. The molecule has 2 aliphatic rings. The number of para-hydroxylation sites is 1. The molecule has 0 atom stereocenters. The van der Waals surface area contributed by atoms with E-state index in [0.717, 1.165) is 17.3 Å². The molecule has 5 rings (SSSR count). The minimum Gasteiger partial charge on any atom is -0.493 e. The van der Waals surface area contributed by atoms with Crippen LogP contribution in [0.1, 0.15) is 11.1 Å². The van der Waals surface area contributed by atoms with Gasteiger partial charge in [0.1, 0.15) is 16.7 Å². The van der Waals surface area contributed by atoms with Gasteiger partial charge in [0, 0.05) is 17.8 Å². The molecular formula is C29H24FN3O5S2. The number of thioether (sulfide) groups is 1. The Morgan fingerprint density at radius 2 is 1.68 bits per heavy atom. The molecule has 0 saturated carbocycles. The SMILES string of the molecule is COc1ccc(CCN2C(=O)C(=C3C(=O)N(CC(=O)Nc4ccc(F)cc4)c4ccccc43)SC2=S)cc1OC. The van der Waals surface area contributed by atoms with Crippen LogP contribution in [0, 0.1) is 5.82 Å². The minimum atomic E-state index is -0.462. The van der Waals surface area contributed by atoms with Crippen LogP contribution in [0.4, 0.5) is 15.8 Å². The quantitative estimate of drug-likeness (QED) is 0.308. The van der Waals surface area contributed by atoms with Crippen LogP contribution in [0.2, 0.25) is 0 Å². The van der Waals surface area contributed by atoms with Crippen LogP contribution in [0.3, 0.4) is 0 Å². The van der Waals surface area contributed by atoms with Crippen molar-refractivity contribution in [3.63, 3.8) is 0 Å². The van der Waals surface area contributed by atoms with Crippen molar-refractivity contribution in [3.8, 4) is 11.5 Å². The second kappa shape index (κ2) is 11.5. The number of carbonyl (C=O) groups is 3. The van der Waals surface area contributed by atoms with Gasteiger partial charge in [-0.2, -0.15) is 0 Å². The first-order valence-corrected chi connectivity index (χ1v) is 13.5. The molecule has 0 unspecified atom stereocenters. The Bertz CT molecular complexity index is 1560.